The molecule has 0 saturated carbocycles. The number of aromatic nitrogens is 4. The number of para-hydroxylation sites is 1. The minimum Gasteiger partial charge on any atom is -0.318 e. The second-order valence-electron chi connectivity index (χ2n) is 6.64. The van der Waals surface area contributed by atoms with E-state index in [1.807, 2.05) is 44.2 Å². The zero-order chi connectivity index (χ0) is 20.0. The summed E-state index contributed by atoms with van der Waals surface area (Å²) in [6.07, 6.45) is 1.47. The first-order chi connectivity index (χ1) is 13.4. The fourth-order valence-corrected chi connectivity index (χ4v) is 4.27. The minimum absolute atomic E-state index is 0.151. The third-order valence-corrected chi connectivity index (χ3v) is 5.95. The molecule has 0 unspecified atom stereocenters. The molecule has 0 bridgehead atoms. The predicted octanol–water partition coefficient (Wildman–Crippen LogP) is 3.36. The zero-order valence-electron chi connectivity index (χ0n) is 16.0. The number of aryl methyl sites for hydroxylation is 3. The van der Waals surface area contributed by atoms with Gasteiger partial charge in [0.15, 0.2) is 0 Å². The number of carbonyl (C=O) groups excluding carboxylic acids is 1. The van der Waals surface area contributed by atoms with Crippen LogP contribution in [0, 0.1) is 20.8 Å². The first-order valence-corrected chi connectivity index (χ1v) is 9.58. The second kappa shape index (κ2) is 6.72. The molecule has 28 heavy (non-hydrogen) atoms. The number of anilines is 1. The van der Waals surface area contributed by atoms with Gasteiger partial charge in [-0.2, -0.15) is 5.10 Å². The van der Waals surface area contributed by atoms with Crippen molar-refractivity contribution < 1.29 is 4.79 Å². The number of nitrogens with zero attached hydrogens (tertiary/aromatic N) is 4. The van der Waals surface area contributed by atoms with Gasteiger partial charge in [-0.15, -0.1) is 11.3 Å². The van der Waals surface area contributed by atoms with E-state index in [0.29, 0.717) is 26.3 Å². The maximum atomic E-state index is 13.0. The molecule has 1 N–H and O–H groups in total. The molecule has 4 rings (SSSR count). The number of amides is 1. The molecule has 0 atom stereocenters. The topological polar surface area (TPSA) is 81.8 Å². The van der Waals surface area contributed by atoms with Crippen LogP contribution in [0.25, 0.3) is 15.9 Å². The van der Waals surface area contributed by atoms with Crippen molar-refractivity contribution in [2.24, 2.45) is 7.05 Å². The zero-order valence-corrected chi connectivity index (χ0v) is 16.8. The van der Waals surface area contributed by atoms with E-state index < -0.39 is 0 Å². The van der Waals surface area contributed by atoms with Gasteiger partial charge < -0.3 is 9.88 Å². The molecule has 8 heteroatoms. The molecule has 7 nitrogen and oxygen atoms in total. The Morgan fingerprint density at radius 2 is 1.86 bits per heavy atom. The van der Waals surface area contributed by atoms with Crippen LogP contribution < -0.4 is 10.9 Å². The summed E-state index contributed by atoms with van der Waals surface area (Å²) in [5.74, 6) is -0.263. The average Bonchev–Trinajstić information content (AvgIpc) is 3.17. The van der Waals surface area contributed by atoms with Crippen molar-refractivity contribution in [2.75, 3.05) is 5.32 Å². The molecule has 0 aliphatic rings. The van der Waals surface area contributed by atoms with Crippen molar-refractivity contribution >= 4 is 33.1 Å². The first-order valence-electron chi connectivity index (χ1n) is 8.76. The van der Waals surface area contributed by atoms with Crippen molar-refractivity contribution in [3.05, 3.63) is 68.8 Å². The van der Waals surface area contributed by atoms with Crippen LogP contribution in [0.3, 0.4) is 0 Å². The van der Waals surface area contributed by atoms with Crippen LogP contribution in [0.2, 0.25) is 0 Å². The summed E-state index contributed by atoms with van der Waals surface area (Å²) in [6.45, 7) is 5.55. The Bertz CT molecular complexity index is 1270. The summed E-state index contributed by atoms with van der Waals surface area (Å²) in [7, 11) is 1.65. The smallest absolute Gasteiger partial charge is 0.266 e. The highest BCUT2D eigenvalue weighted by Gasteiger charge is 2.22. The van der Waals surface area contributed by atoms with Crippen LogP contribution in [-0.4, -0.2) is 25.2 Å². The Hall–Kier alpha value is -3.26. The molecule has 0 saturated heterocycles. The van der Waals surface area contributed by atoms with E-state index in [-0.39, 0.29) is 11.5 Å². The quantitative estimate of drug-likeness (QED) is 0.579. The average molecular weight is 393 g/mol. The first kappa shape index (κ1) is 18.1. The number of thiophene rings is 1. The van der Waals surface area contributed by atoms with Crippen LogP contribution in [0.15, 0.2) is 41.5 Å². The van der Waals surface area contributed by atoms with E-state index in [9.17, 15) is 9.59 Å². The lowest BCUT2D eigenvalue weighted by atomic mass is 10.2. The van der Waals surface area contributed by atoms with E-state index >= 15 is 0 Å². The molecule has 1 amide bonds. The molecule has 0 radical (unpaired) electrons. The number of hydrogen-bond acceptors (Lipinski definition) is 5. The lowest BCUT2D eigenvalue weighted by molar-refractivity contribution is 0.103. The van der Waals surface area contributed by atoms with Crippen molar-refractivity contribution in [2.45, 2.75) is 20.8 Å². The van der Waals surface area contributed by atoms with E-state index in [0.717, 1.165) is 17.1 Å². The third kappa shape index (κ3) is 2.82. The van der Waals surface area contributed by atoms with Gasteiger partial charge in [0.2, 0.25) is 0 Å². The van der Waals surface area contributed by atoms with Crippen LogP contribution in [0.4, 0.5) is 5.69 Å². The third-order valence-electron chi connectivity index (χ3n) is 4.75. The highest BCUT2D eigenvalue weighted by Crippen LogP contribution is 2.29. The van der Waals surface area contributed by atoms with Crippen molar-refractivity contribution in [3.63, 3.8) is 0 Å². The van der Waals surface area contributed by atoms with Crippen LogP contribution in [0.5, 0.6) is 0 Å². The molecular weight excluding hydrogens is 374 g/mol. The number of benzene rings is 1. The van der Waals surface area contributed by atoms with Crippen molar-refractivity contribution in [1.82, 2.24) is 19.3 Å². The van der Waals surface area contributed by atoms with Gasteiger partial charge in [-0.1, -0.05) is 18.2 Å². The summed E-state index contributed by atoms with van der Waals surface area (Å²) in [5, 5.41) is 8.02. The standard InChI is InChI=1S/C20H19N5O2S/c1-11-15-19(21-10-24(4)20(15)27)28-17(11)18(26)22-16-12(2)23-25(13(16)3)14-8-6-5-7-9-14/h5-10H,1-4H3,(H,22,26). The predicted molar refractivity (Wildman–Crippen MR) is 111 cm³/mol. The van der Waals surface area contributed by atoms with Gasteiger partial charge in [-0.25, -0.2) is 9.67 Å². The molecule has 0 fully saturated rings. The number of fused-ring (bicyclic) bond motifs is 1. The Morgan fingerprint density at radius 3 is 2.57 bits per heavy atom. The molecule has 142 valence electrons. The number of nitrogens with one attached hydrogen (secondary N) is 1. The Kier molecular flexibility index (Phi) is 4.35. The van der Waals surface area contributed by atoms with E-state index in [1.54, 1.807) is 18.7 Å². The Balaban J connectivity index is 1.73. The summed E-state index contributed by atoms with van der Waals surface area (Å²) in [5.41, 5.74) is 3.66. The van der Waals surface area contributed by atoms with Gasteiger partial charge in [0.05, 0.1) is 39.4 Å². The van der Waals surface area contributed by atoms with Crippen LogP contribution in [-0.2, 0) is 7.05 Å². The van der Waals surface area contributed by atoms with E-state index in [1.165, 1.54) is 22.2 Å². The maximum absolute atomic E-state index is 13.0. The molecular formula is C20H19N5O2S. The lowest BCUT2D eigenvalue weighted by Gasteiger charge is -2.07. The fourth-order valence-electron chi connectivity index (χ4n) is 3.24. The maximum Gasteiger partial charge on any atom is 0.266 e. The molecule has 0 aliphatic carbocycles. The largest absolute Gasteiger partial charge is 0.318 e. The summed E-state index contributed by atoms with van der Waals surface area (Å²) >= 11 is 1.23. The number of rotatable bonds is 3. The van der Waals surface area contributed by atoms with Gasteiger partial charge in [0, 0.05) is 7.05 Å². The minimum atomic E-state index is -0.263. The van der Waals surface area contributed by atoms with Gasteiger partial charge >= 0.3 is 0 Å². The normalized spacial score (nSPS) is 11.1. The van der Waals surface area contributed by atoms with Crippen LogP contribution >= 0.6 is 11.3 Å². The highest BCUT2D eigenvalue weighted by atomic mass is 32.1. The van der Waals surface area contributed by atoms with Gasteiger partial charge in [0.1, 0.15) is 4.83 Å². The Labute approximate surface area is 165 Å². The van der Waals surface area contributed by atoms with Crippen molar-refractivity contribution in [1.29, 1.82) is 0 Å². The second-order valence-corrected chi connectivity index (χ2v) is 7.64. The van der Waals surface area contributed by atoms with Crippen molar-refractivity contribution in [3.8, 4) is 5.69 Å². The summed E-state index contributed by atoms with van der Waals surface area (Å²) < 4.78 is 3.22. The number of hydrogen-bond donors (Lipinski definition) is 1. The lowest BCUT2D eigenvalue weighted by Crippen LogP contribution is -2.17. The molecule has 3 aromatic heterocycles. The van der Waals surface area contributed by atoms with Gasteiger partial charge in [-0.3, -0.25) is 9.59 Å². The molecule has 0 spiro atoms. The molecule has 0 aliphatic heterocycles. The SMILES string of the molecule is Cc1nn(-c2ccccc2)c(C)c1NC(=O)c1sc2ncn(C)c(=O)c2c1C. The summed E-state index contributed by atoms with van der Waals surface area (Å²) in [4.78, 5) is 30.7. The van der Waals surface area contributed by atoms with E-state index in [2.05, 4.69) is 15.4 Å². The molecule has 3 heterocycles. The van der Waals surface area contributed by atoms with Crippen LogP contribution in [0.1, 0.15) is 26.6 Å². The monoisotopic (exact) mass is 393 g/mol. The van der Waals surface area contributed by atoms with Gasteiger partial charge in [0.25, 0.3) is 11.5 Å². The molecule has 4 aromatic rings. The number of carbonyl (C=O) groups is 1. The van der Waals surface area contributed by atoms with E-state index in [4.69, 9.17) is 0 Å². The summed E-state index contributed by atoms with van der Waals surface area (Å²) in [6, 6.07) is 9.75. The highest BCUT2D eigenvalue weighted by molar-refractivity contribution is 7.20. The fraction of sp³-hybridized carbons (Fsp3) is 0.200. The molecule has 1 aromatic carbocycles. The van der Waals surface area contributed by atoms with Gasteiger partial charge in [-0.05, 0) is 38.5 Å². The Morgan fingerprint density at radius 1 is 1.14 bits per heavy atom.